The molecule has 2 aromatic carbocycles. The summed E-state index contributed by atoms with van der Waals surface area (Å²) in [6.45, 7) is 1.53. The van der Waals surface area contributed by atoms with E-state index in [1.54, 1.807) is 24.3 Å². The molecule has 0 aliphatic heterocycles. The monoisotopic (exact) mass is 345 g/mol. The van der Waals surface area contributed by atoms with Gasteiger partial charge in [0.05, 0.1) is 12.5 Å². The number of hydrogen-bond acceptors (Lipinski definition) is 3. The minimum absolute atomic E-state index is 0.114. The standard InChI is InChI=1S/C19H20FNO4/c1-13(19(24)25)21(12-14-6-3-2-4-7-14)18(23)11-17(22)15-8-5-9-16(20)10-15/h2-10,13,17,22H,11-12H2,1H3,(H,24,25). The maximum Gasteiger partial charge on any atom is 0.326 e. The molecule has 0 aromatic heterocycles. The lowest BCUT2D eigenvalue weighted by Gasteiger charge is -2.27. The van der Waals surface area contributed by atoms with Gasteiger partial charge in [0.25, 0.3) is 0 Å². The Morgan fingerprint density at radius 1 is 1.12 bits per heavy atom. The molecule has 5 nitrogen and oxygen atoms in total. The Balaban J connectivity index is 2.15. The van der Waals surface area contributed by atoms with Gasteiger partial charge in [-0.3, -0.25) is 4.79 Å². The van der Waals surface area contributed by atoms with Gasteiger partial charge in [-0.25, -0.2) is 9.18 Å². The normalized spacial score (nSPS) is 13.1. The highest BCUT2D eigenvalue weighted by atomic mass is 19.1. The fourth-order valence-electron chi connectivity index (χ4n) is 2.47. The second kappa shape index (κ2) is 8.39. The summed E-state index contributed by atoms with van der Waals surface area (Å²) in [5.74, 6) is -2.16. The number of aliphatic hydroxyl groups is 1. The second-order valence-electron chi connectivity index (χ2n) is 5.80. The summed E-state index contributed by atoms with van der Waals surface area (Å²) >= 11 is 0. The third kappa shape index (κ3) is 5.12. The fourth-order valence-corrected chi connectivity index (χ4v) is 2.47. The van der Waals surface area contributed by atoms with Crippen LogP contribution in [-0.2, 0) is 16.1 Å². The Labute approximate surface area is 145 Å². The third-order valence-corrected chi connectivity index (χ3v) is 3.94. The van der Waals surface area contributed by atoms with E-state index in [0.29, 0.717) is 0 Å². The van der Waals surface area contributed by atoms with E-state index in [4.69, 9.17) is 0 Å². The first kappa shape index (κ1) is 18.6. The van der Waals surface area contributed by atoms with Gasteiger partial charge in [0.2, 0.25) is 5.91 Å². The number of hydrogen-bond donors (Lipinski definition) is 2. The minimum atomic E-state index is -1.21. The van der Waals surface area contributed by atoms with Gasteiger partial charge in [-0.1, -0.05) is 42.5 Å². The Bertz CT molecular complexity index is 735. The number of amides is 1. The predicted molar refractivity (Wildman–Crippen MR) is 90.1 cm³/mol. The smallest absolute Gasteiger partial charge is 0.326 e. The van der Waals surface area contributed by atoms with Crippen LogP contribution in [0.15, 0.2) is 54.6 Å². The molecule has 2 atom stereocenters. The topological polar surface area (TPSA) is 77.8 Å². The molecule has 2 rings (SSSR count). The van der Waals surface area contributed by atoms with Gasteiger partial charge in [-0.05, 0) is 30.2 Å². The first-order valence-corrected chi connectivity index (χ1v) is 7.88. The quantitative estimate of drug-likeness (QED) is 0.809. The van der Waals surface area contributed by atoms with Crippen molar-refractivity contribution < 1.29 is 24.2 Å². The van der Waals surface area contributed by atoms with Gasteiger partial charge in [0, 0.05) is 6.54 Å². The van der Waals surface area contributed by atoms with Gasteiger partial charge in [-0.15, -0.1) is 0 Å². The zero-order valence-electron chi connectivity index (χ0n) is 13.8. The van der Waals surface area contributed by atoms with Crippen LogP contribution >= 0.6 is 0 Å². The lowest BCUT2D eigenvalue weighted by molar-refractivity contribution is -0.150. The molecule has 25 heavy (non-hydrogen) atoms. The lowest BCUT2D eigenvalue weighted by atomic mass is 10.0. The Kier molecular flexibility index (Phi) is 6.25. The number of nitrogens with zero attached hydrogens (tertiary/aromatic N) is 1. The van der Waals surface area contributed by atoms with E-state index < -0.39 is 29.8 Å². The zero-order valence-corrected chi connectivity index (χ0v) is 13.8. The van der Waals surface area contributed by atoms with Crippen molar-refractivity contribution in [2.45, 2.75) is 32.0 Å². The molecule has 0 aliphatic rings. The lowest BCUT2D eigenvalue weighted by Crippen LogP contribution is -2.43. The molecule has 0 fully saturated rings. The van der Waals surface area contributed by atoms with Crippen LogP contribution in [0.5, 0.6) is 0 Å². The molecule has 132 valence electrons. The summed E-state index contributed by atoms with van der Waals surface area (Å²) in [5.41, 5.74) is 1.06. The van der Waals surface area contributed by atoms with E-state index in [9.17, 15) is 24.2 Å². The molecule has 2 aromatic rings. The number of benzene rings is 2. The first-order chi connectivity index (χ1) is 11.9. The summed E-state index contributed by atoms with van der Waals surface area (Å²) in [6.07, 6.45) is -1.53. The molecule has 0 saturated carbocycles. The molecule has 2 N–H and O–H groups in total. The molecule has 0 spiro atoms. The maximum absolute atomic E-state index is 13.3. The molecule has 0 saturated heterocycles. The highest BCUT2D eigenvalue weighted by Gasteiger charge is 2.27. The van der Waals surface area contributed by atoms with Crippen molar-refractivity contribution in [3.8, 4) is 0 Å². The Morgan fingerprint density at radius 3 is 2.40 bits per heavy atom. The van der Waals surface area contributed by atoms with Gasteiger partial charge < -0.3 is 15.1 Å². The summed E-state index contributed by atoms with van der Waals surface area (Å²) in [5, 5.41) is 19.5. The average molecular weight is 345 g/mol. The largest absolute Gasteiger partial charge is 0.480 e. The van der Waals surface area contributed by atoms with Crippen LogP contribution in [0, 0.1) is 5.82 Å². The van der Waals surface area contributed by atoms with Crippen molar-refractivity contribution in [1.82, 2.24) is 4.90 Å². The highest BCUT2D eigenvalue weighted by molar-refractivity contribution is 5.83. The van der Waals surface area contributed by atoms with Crippen molar-refractivity contribution in [2.75, 3.05) is 0 Å². The molecular formula is C19H20FNO4. The van der Waals surface area contributed by atoms with Crippen molar-refractivity contribution in [3.05, 3.63) is 71.5 Å². The minimum Gasteiger partial charge on any atom is -0.480 e. The molecule has 0 aliphatic carbocycles. The van der Waals surface area contributed by atoms with E-state index >= 15 is 0 Å². The van der Waals surface area contributed by atoms with Crippen LogP contribution in [-0.4, -0.2) is 33.0 Å². The number of carbonyl (C=O) groups is 2. The van der Waals surface area contributed by atoms with E-state index in [1.165, 1.54) is 30.0 Å². The maximum atomic E-state index is 13.3. The number of aliphatic carboxylic acids is 1. The molecular weight excluding hydrogens is 325 g/mol. The molecule has 0 radical (unpaired) electrons. The Hall–Kier alpha value is -2.73. The van der Waals surface area contributed by atoms with Gasteiger partial charge >= 0.3 is 5.97 Å². The average Bonchev–Trinajstić information content (AvgIpc) is 2.59. The van der Waals surface area contributed by atoms with Gasteiger partial charge in [0.1, 0.15) is 11.9 Å². The van der Waals surface area contributed by atoms with Crippen LogP contribution in [0.25, 0.3) is 0 Å². The summed E-state index contributed by atoms with van der Waals surface area (Å²) in [4.78, 5) is 25.1. The van der Waals surface area contributed by atoms with Crippen molar-refractivity contribution >= 4 is 11.9 Å². The van der Waals surface area contributed by atoms with Gasteiger partial charge in [-0.2, -0.15) is 0 Å². The molecule has 0 heterocycles. The van der Waals surface area contributed by atoms with E-state index in [2.05, 4.69) is 0 Å². The number of rotatable bonds is 7. The van der Waals surface area contributed by atoms with Crippen LogP contribution in [0.3, 0.4) is 0 Å². The SMILES string of the molecule is CC(C(=O)O)N(Cc1ccccc1)C(=O)CC(O)c1cccc(F)c1. The van der Waals surface area contributed by atoms with Crippen molar-refractivity contribution in [1.29, 1.82) is 0 Å². The van der Waals surface area contributed by atoms with Crippen LogP contribution < -0.4 is 0 Å². The molecule has 2 unspecified atom stereocenters. The zero-order chi connectivity index (χ0) is 18.4. The van der Waals surface area contributed by atoms with Gasteiger partial charge in [0.15, 0.2) is 0 Å². The van der Waals surface area contributed by atoms with Crippen LogP contribution in [0.4, 0.5) is 4.39 Å². The number of aliphatic hydroxyl groups excluding tert-OH is 1. The second-order valence-corrected chi connectivity index (χ2v) is 5.80. The third-order valence-electron chi connectivity index (χ3n) is 3.94. The molecule has 0 bridgehead atoms. The summed E-state index contributed by atoms with van der Waals surface area (Å²) < 4.78 is 13.3. The Morgan fingerprint density at radius 2 is 1.80 bits per heavy atom. The number of halogens is 1. The van der Waals surface area contributed by atoms with E-state index in [-0.39, 0.29) is 18.5 Å². The number of carbonyl (C=O) groups excluding carboxylic acids is 1. The van der Waals surface area contributed by atoms with E-state index in [1.807, 2.05) is 6.07 Å². The van der Waals surface area contributed by atoms with Crippen molar-refractivity contribution in [2.24, 2.45) is 0 Å². The van der Waals surface area contributed by atoms with Crippen molar-refractivity contribution in [3.63, 3.8) is 0 Å². The number of carboxylic acids is 1. The summed E-state index contributed by atoms with van der Waals surface area (Å²) in [6, 6.07) is 13.3. The molecule has 6 heteroatoms. The first-order valence-electron chi connectivity index (χ1n) is 7.88. The fraction of sp³-hybridized carbons (Fsp3) is 0.263. The predicted octanol–water partition coefficient (Wildman–Crippen LogP) is 2.75. The number of carboxylic acid groups (broad SMARTS) is 1. The van der Waals surface area contributed by atoms with Crippen LogP contribution in [0.1, 0.15) is 30.6 Å². The van der Waals surface area contributed by atoms with Crippen LogP contribution in [0.2, 0.25) is 0 Å². The van der Waals surface area contributed by atoms with E-state index in [0.717, 1.165) is 11.6 Å². The highest BCUT2D eigenvalue weighted by Crippen LogP contribution is 2.20. The summed E-state index contributed by atoms with van der Waals surface area (Å²) in [7, 11) is 0. The molecule has 1 amide bonds.